The van der Waals surface area contributed by atoms with Crippen molar-refractivity contribution in [2.75, 3.05) is 36.5 Å². The zero-order chi connectivity index (χ0) is 22.4. The van der Waals surface area contributed by atoms with Crippen LogP contribution >= 0.6 is 0 Å². The molecule has 0 N–H and O–H groups in total. The maximum absolute atomic E-state index is 5.32. The van der Waals surface area contributed by atoms with Crippen LogP contribution in [0.5, 0.6) is 5.75 Å². The molecule has 7 heteroatoms. The molecule has 2 fully saturated rings. The molecular formula is C26H32N6O. The molecule has 1 aliphatic carbocycles. The first kappa shape index (κ1) is 20.5. The van der Waals surface area contributed by atoms with E-state index in [1.165, 1.54) is 18.5 Å². The minimum atomic E-state index is 0.683. The van der Waals surface area contributed by atoms with Crippen LogP contribution in [0, 0.1) is 24.7 Å². The first-order chi connectivity index (χ1) is 16.2. The summed E-state index contributed by atoms with van der Waals surface area (Å²) in [6.07, 6.45) is 6.65. The second-order valence-electron chi connectivity index (χ2n) is 9.78. The summed E-state index contributed by atoms with van der Waals surface area (Å²) in [6.45, 7) is 6.26. The van der Waals surface area contributed by atoms with Crippen molar-refractivity contribution in [3.05, 3.63) is 54.1 Å². The van der Waals surface area contributed by atoms with Crippen molar-refractivity contribution in [3.63, 3.8) is 0 Å². The Labute approximate surface area is 195 Å². The van der Waals surface area contributed by atoms with Gasteiger partial charge in [-0.05, 0) is 80.3 Å². The number of pyridine rings is 1. The summed E-state index contributed by atoms with van der Waals surface area (Å²) < 4.78 is 7.43. The number of fused-ring (bicyclic) bond motifs is 3. The number of aryl methyl sites for hydroxylation is 2. The average molecular weight is 445 g/mol. The van der Waals surface area contributed by atoms with Gasteiger partial charge in [-0.2, -0.15) is 10.1 Å². The zero-order valence-corrected chi connectivity index (χ0v) is 19.5. The van der Waals surface area contributed by atoms with Gasteiger partial charge in [0.05, 0.1) is 7.11 Å². The average Bonchev–Trinajstić information content (AvgIpc) is 3.35. The fraction of sp³-hybridized carbons (Fsp3) is 0.500. The van der Waals surface area contributed by atoms with E-state index in [2.05, 4.69) is 50.7 Å². The molecule has 33 heavy (non-hydrogen) atoms. The predicted molar refractivity (Wildman–Crippen MR) is 129 cm³/mol. The predicted octanol–water partition coefficient (Wildman–Crippen LogP) is 4.24. The number of methoxy groups -OCH3 is 1. The summed E-state index contributed by atoms with van der Waals surface area (Å²) in [4.78, 5) is 14.3. The highest BCUT2D eigenvalue weighted by Crippen LogP contribution is 2.44. The van der Waals surface area contributed by atoms with Crippen molar-refractivity contribution in [2.24, 2.45) is 17.8 Å². The van der Waals surface area contributed by atoms with Crippen LogP contribution in [-0.4, -0.2) is 46.5 Å². The number of aromatic nitrogens is 4. The summed E-state index contributed by atoms with van der Waals surface area (Å²) in [5.41, 5.74) is 3.57. The number of hydrogen-bond acceptors (Lipinski definition) is 6. The van der Waals surface area contributed by atoms with Crippen LogP contribution in [0.2, 0.25) is 0 Å². The topological polar surface area (TPSA) is 59.3 Å². The summed E-state index contributed by atoms with van der Waals surface area (Å²) in [6, 6.07) is 12.6. The summed E-state index contributed by atoms with van der Waals surface area (Å²) >= 11 is 0. The van der Waals surface area contributed by atoms with Crippen molar-refractivity contribution in [2.45, 2.75) is 39.2 Å². The van der Waals surface area contributed by atoms with Gasteiger partial charge in [0.2, 0.25) is 5.95 Å². The molecule has 1 aromatic carbocycles. The Morgan fingerprint density at radius 3 is 2.52 bits per heavy atom. The second-order valence-corrected chi connectivity index (χ2v) is 9.78. The van der Waals surface area contributed by atoms with E-state index in [0.717, 1.165) is 79.8 Å². The van der Waals surface area contributed by atoms with Gasteiger partial charge in [-0.3, -0.25) is 4.98 Å². The van der Waals surface area contributed by atoms with Gasteiger partial charge in [-0.1, -0.05) is 0 Å². The quantitative estimate of drug-likeness (QED) is 0.587. The summed E-state index contributed by atoms with van der Waals surface area (Å²) in [5.74, 6) is 4.99. The number of anilines is 3. The van der Waals surface area contributed by atoms with Gasteiger partial charge in [-0.15, -0.1) is 0 Å². The van der Waals surface area contributed by atoms with E-state index in [4.69, 9.17) is 14.8 Å². The lowest BCUT2D eigenvalue weighted by Crippen LogP contribution is -2.42. The SMILES string of the molecule is COc1ccc(N2CCCn3nc(CC4[C@@H]5CC[C@H]4CN(c4ccnc(C)c4)C5)nc32)cc1. The normalized spacial score (nSPS) is 24.1. The first-order valence-electron chi connectivity index (χ1n) is 12.2. The van der Waals surface area contributed by atoms with Crippen molar-refractivity contribution in [1.29, 1.82) is 0 Å². The molecule has 1 unspecified atom stereocenters. The van der Waals surface area contributed by atoms with E-state index in [0.29, 0.717) is 5.92 Å². The Kier molecular flexibility index (Phi) is 5.19. The van der Waals surface area contributed by atoms with Gasteiger partial charge in [0.25, 0.3) is 0 Å². The van der Waals surface area contributed by atoms with Crippen LogP contribution in [0.15, 0.2) is 42.6 Å². The third-order valence-electron chi connectivity index (χ3n) is 7.77. The van der Waals surface area contributed by atoms with E-state index in [1.54, 1.807) is 7.11 Å². The third kappa shape index (κ3) is 3.83. The zero-order valence-electron chi connectivity index (χ0n) is 19.5. The highest BCUT2D eigenvalue weighted by Gasteiger charge is 2.42. The van der Waals surface area contributed by atoms with E-state index in [-0.39, 0.29) is 0 Å². The highest BCUT2D eigenvalue weighted by molar-refractivity contribution is 5.59. The lowest BCUT2D eigenvalue weighted by atomic mass is 9.82. The van der Waals surface area contributed by atoms with Gasteiger partial charge in [-0.25, -0.2) is 4.68 Å². The molecule has 3 aromatic rings. The third-order valence-corrected chi connectivity index (χ3v) is 7.77. The van der Waals surface area contributed by atoms with Crippen LogP contribution < -0.4 is 14.5 Å². The number of benzene rings is 1. The van der Waals surface area contributed by atoms with Crippen molar-refractivity contribution >= 4 is 17.3 Å². The molecule has 2 aliphatic heterocycles. The molecule has 3 atom stereocenters. The number of hydrogen-bond donors (Lipinski definition) is 0. The van der Waals surface area contributed by atoms with Crippen molar-refractivity contribution < 1.29 is 4.74 Å². The monoisotopic (exact) mass is 444 g/mol. The molecule has 2 bridgehead atoms. The summed E-state index contributed by atoms with van der Waals surface area (Å²) in [7, 11) is 1.70. The van der Waals surface area contributed by atoms with Crippen LogP contribution in [0.4, 0.5) is 17.3 Å². The molecule has 6 rings (SSSR count). The smallest absolute Gasteiger partial charge is 0.228 e. The van der Waals surface area contributed by atoms with Gasteiger partial charge in [0.1, 0.15) is 5.75 Å². The molecule has 1 saturated heterocycles. The summed E-state index contributed by atoms with van der Waals surface area (Å²) in [5, 5.41) is 4.96. The Morgan fingerprint density at radius 2 is 1.79 bits per heavy atom. The van der Waals surface area contributed by atoms with Gasteiger partial charge >= 0.3 is 0 Å². The molecule has 0 radical (unpaired) electrons. The van der Waals surface area contributed by atoms with Crippen LogP contribution in [0.1, 0.15) is 30.8 Å². The Morgan fingerprint density at radius 1 is 1.00 bits per heavy atom. The van der Waals surface area contributed by atoms with Crippen molar-refractivity contribution in [1.82, 2.24) is 19.7 Å². The second kappa shape index (κ2) is 8.36. The molecular weight excluding hydrogens is 412 g/mol. The molecule has 7 nitrogen and oxygen atoms in total. The largest absolute Gasteiger partial charge is 0.497 e. The van der Waals surface area contributed by atoms with E-state index in [1.807, 2.05) is 18.3 Å². The van der Waals surface area contributed by atoms with E-state index >= 15 is 0 Å². The number of nitrogens with zero attached hydrogens (tertiary/aromatic N) is 6. The molecule has 0 amide bonds. The highest BCUT2D eigenvalue weighted by atomic mass is 16.5. The molecule has 4 heterocycles. The maximum Gasteiger partial charge on any atom is 0.228 e. The van der Waals surface area contributed by atoms with Crippen LogP contribution in [0.25, 0.3) is 0 Å². The fourth-order valence-electron chi connectivity index (χ4n) is 6.12. The molecule has 2 aromatic heterocycles. The van der Waals surface area contributed by atoms with E-state index in [9.17, 15) is 0 Å². The number of piperidine rings is 1. The van der Waals surface area contributed by atoms with Gasteiger partial charge < -0.3 is 14.5 Å². The Bertz CT molecular complexity index is 1110. The Balaban J connectivity index is 1.19. The Hall–Kier alpha value is -3.09. The molecule has 0 spiro atoms. The van der Waals surface area contributed by atoms with Crippen LogP contribution in [0.3, 0.4) is 0 Å². The minimum Gasteiger partial charge on any atom is -0.497 e. The molecule has 1 saturated carbocycles. The van der Waals surface area contributed by atoms with E-state index < -0.39 is 0 Å². The van der Waals surface area contributed by atoms with Gasteiger partial charge in [0, 0.05) is 55.9 Å². The number of ether oxygens (including phenoxy) is 1. The lowest BCUT2D eigenvalue weighted by Gasteiger charge is -2.39. The standard InChI is InChI=1S/C26H32N6O/c1-18-14-22(10-11-27-18)30-16-19-4-5-20(17-30)24(19)15-25-28-26-31(12-3-13-32(26)29-25)21-6-8-23(33-2)9-7-21/h6-11,14,19-20,24H,3-5,12-13,15-17H2,1-2H3/t19-,20+,24?. The maximum atomic E-state index is 5.32. The minimum absolute atomic E-state index is 0.683. The lowest BCUT2D eigenvalue weighted by molar-refractivity contribution is 0.265. The fourth-order valence-corrected chi connectivity index (χ4v) is 6.12. The number of rotatable bonds is 5. The van der Waals surface area contributed by atoms with Crippen molar-refractivity contribution in [3.8, 4) is 5.75 Å². The van der Waals surface area contributed by atoms with Gasteiger partial charge in [0.15, 0.2) is 5.82 Å². The molecule has 3 aliphatic rings. The molecule has 172 valence electrons. The van der Waals surface area contributed by atoms with Crippen LogP contribution in [-0.2, 0) is 13.0 Å². The first-order valence-corrected chi connectivity index (χ1v) is 12.2.